The Kier molecular flexibility index (Phi) is 4.63. The summed E-state index contributed by atoms with van der Waals surface area (Å²) in [7, 11) is 0. The Balaban J connectivity index is 1.83. The molecule has 0 aromatic carbocycles. The number of aromatic amines is 1. The van der Waals surface area contributed by atoms with Gasteiger partial charge in [-0.1, -0.05) is 20.3 Å². The van der Waals surface area contributed by atoms with Crippen molar-refractivity contribution in [1.82, 2.24) is 20.5 Å². The first-order valence-electron chi connectivity index (χ1n) is 6.49. The van der Waals surface area contributed by atoms with Gasteiger partial charge in [0.2, 0.25) is 5.82 Å². The summed E-state index contributed by atoms with van der Waals surface area (Å²) in [4.78, 5) is 16.0. The maximum atomic E-state index is 11.9. The molecule has 100 valence electrons. The zero-order chi connectivity index (χ0) is 13.0. The van der Waals surface area contributed by atoms with E-state index < -0.39 is 0 Å². The summed E-state index contributed by atoms with van der Waals surface area (Å²) in [6.07, 6.45) is 3.76. The van der Waals surface area contributed by atoms with Gasteiger partial charge in [0.25, 0.3) is 5.91 Å². The van der Waals surface area contributed by atoms with Crippen LogP contribution in [0.3, 0.4) is 0 Å². The summed E-state index contributed by atoms with van der Waals surface area (Å²) in [5.74, 6) is 2.29. The lowest BCUT2D eigenvalue weighted by Gasteiger charge is -2.20. The van der Waals surface area contributed by atoms with Crippen LogP contribution in [0.25, 0.3) is 0 Å². The molecular formula is C12H20N4OS. The van der Waals surface area contributed by atoms with Crippen LogP contribution in [0.4, 0.5) is 0 Å². The van der Waals surface area contributed by atoms with Gasteiger partial charge in [-0.25, -0.2) is 4.98 Å². The average Bonchev–Trinajstić information content (AvgIpc) is 2.87. The van der Waals surface area contributed by atoms with Gasteiger partial charge in [-0.2, -0.15) is 11.8 Å². The van der Waals surface area contributed by atoms with Crippen LogP contribution in [0.5, 0.6) is 0 Å². The van der Waals surface area contributed by atoms with Gasteiger partial charge >= 0.3 is 0 Å². The average molecular weight is 268 g/mol. The van der Waals surface area contributed by atoms with Crippen LogP contribution in [0.2, 0.25) is 0 Å². The summed E-state index contributed by atoms with van der Waals surface area (Å²) in [5, 5.41) is 10.2. The lowest BCUT2D eigenvalue weighted by Crippen LogP contribution is -2.32. The van der Waals surface area contributed by atoms with Crippen molar-refractivity contribution in [2.75, 3.05) is 12.3 Å². The molecule has 2 rings (SSSR count). The second kappa shape index (κ2) is 6.22. The van der Waals surface area contributed by atoms with Gasteiger partial charge in [-0.15, -0.1) is 5.10 Å². The second-order valence-corrected chi connectivity index (χ2v) is 6.31. The monoisotopic (exact) mass is 268 g/mol. The fourth-order valence-electron chi connectivity index (χ4n) is 1.89. The Hall–Kier alpha value is -1.04. The molecule has 0 bridgehead atoms. The Morgan fingerprint density at radius 1 is 1.56 bits per heavy atom. The van der Waals surface area contributed by atoms with Crippen molar-refractivity contribution in [3.63, 3.8) is 0 Å². The van der Waals surface area contributed by atoms with E-state index in [2.05, 4.69) is 20.5 Å². The number of nitrogens with zero attached hydrogens (tertiary/aromatic N) is 2. The standard InChI is InChI=1S/C12H20N4OS/c1-8(2)10-14-11(16-15-10)12(17)13-7-9-5-3-4-6-18-9/h8-9H,3-7H2,1-2H3,(H,13,17)(H,14,15,16). The highest BCUT2D eigenvalue weighted by Crippen LogP contribution is 2.24. The van der Waals surface area contributed by atoms with E-state index in [1.807, 2.05) is 25.6 Å². The minimum Gasteiger partial charge on any atom is -0.348 e. The Morgan fingerprint density at radius 2 is 2.39 bits per heavy atom. The highest BCUT2D eigenvalue weighted by Gasteiger charge is 2.17. The maximum Gasteiger partial charge on any atom is 0.290 e. The quantitative estimate of drug-likeness (QED) is 0.875. The molecule has 2 N–H and O–H groups in total. The van der Waals surface area contributed by atoms with Gasteiger partial charge in [0.15, 0.2) is 0 Å². The third kappa shape index (κ3) is 3.48. The summed E-state index contributed by atoms with van der Waals surface area (Å²) in [5.41, 5.74) is 0. The van der Waals surface area contributed by atoms with E-state index in [4.69, 9.17) is 0 Å². The van der Waals surface area contributed by atoms with Crippen LogP contribution < -0.4 is 5.32 Å². The molecule has 5 nitrogen and oxygen atoms in total. The van der Waals surface area contributed by atoms with Crippen LogP contribution in [0, 0.1) is 0 Å². The first kappa shape index (κ1) is 13.4. The molecule has 1 amide bonds. The van der Waals surface area contributed by atoms with Crippen LogP contribution in [-0.2, 0) is 0 Å². The van der Waals surface area contributed by atoms with Gasteiger partial charge in [-0.05, 0) is 18.6 Å². The maximum absolute atomic E-state index is 11.9. The minimum atomic E-state index is -0.177. The molecule has 18 heavy (non-hydrogen) atoms. The number of nitrogens with one attached hydrogen (secondary N) is 2. The van der Waals surface area contributed by atoms with Crippen molar-refractivity contribution >= 4 is 17.7 Å². The smallest absolute Gasteiger partial charge is 0.290 e. The predicted molar refractivity (Wildman–Crippen MR) is 72.9 cm³/mol. The zero-order valence-corrected chi connectivity index (χ0v) is 11.7. The molecule has 0 spiro atoms. The first-order valence-corrected chi connectivity index (χ1v) is 7.54. The Bertz CT molecular complexity index is 399. The highest BCUT2D eigenvalue weighted by molar-refractivity contribution is 7.99. The minimum absolute atomic E-state index is 0.177. The molecule has 1 unspecified atom stereocenters. The van der Waals surface area contributed by atoms with Crippen molar-refractivity contribution < 1.29 is 4.79 Å². The van der Waals surface area contributed by atoms with Gasteiger partial charge in [0.1, 0.15) is 5.82 Å². The highest BCUT2D eigenvalue weighted by atomic mass is 32.2. The summed E-state index contributed by atoms with van der Waals surface area (Å²) < 4.78 is 0. The number of amides is 1. The van der Waals surface area contributed by atoms with E-state index in [1.54, 1.807) is 0 Å². The number of hydrogen-bond acceptors (Lipinski definition) is 4. The third-order valence-corrected chi connectivity index (χ3v) is 4.42. The zero-order valence-electron chi connectivity index (χ0n) is 10.9. The number of H-pyrrole nitrogens is 1. The van der Waals surface area contributed by atoms with E-state index in [9.17, 15) is 4.79 Å². The van der Waals surface area contributed by atoms with Gasteiger partial charge in [0.05, 0.1) is 0 Å². The molecule has 1 aromatic rings. The lowest BCUT2D eigenvalue weighted by molar-refractivity contribution is 0.0943. The number of carbonyl (C=O) groups is 1. The fraction of sp³-hybridized carbons (Fsp3) is 0.750. The summed E-state index contributed by atoms with van der Waals surface area (Å²) in [6, 6.07) is 0. The number of aromatic nitrogens is 3. The third-order valence-electron chi connectivity index (χ3n) is 3.02. The van der Waals surface area contributed by atoms with Crippen molar-refractivity contribution in [3.8, 4) is 0 Å². The van der Waals surface area contributed by atoms with Crippen LogP contribution >= 0.6 is 11.8 Å². The van der Waals surface area contributed by atoms with Crippen molar-refractivity contribution in [2.45, 2.75) is 44.3 Å². The molecule has 0 aliphatic carbocycles. The molecule has 1 fully saturated rings. The largest absolute Gasteiger partial charge is 0.348 e. The fourth-order valence-corrected chi connectivity index (χ4v) is 3.13. The van der Waals surface area contributed by atoms with Crippen LogP contribution in [-0.4, -0.2) is 38.6 Å². The molecule has 0 radical (unpaired) electrons. The van der Waals surface area contributed by atoms with E-state index >= 15 is 0 Å². The van der Waals surface area contributed by atoms with Crippen LogP contribution in [0.15, 0.2) is 0 Å². The van der Waals surface area contributed by atoms with E-state index in [-0.39, 0.29) is 17.6 Å². The number of rotatable bonds is 4. The molecule has 1 aliphatic rings. The SMILES string of the molecule is CC(C)c1nc(C(=O)NCC2CCCCS2)n[nH]1. The molecule has 1 saturated heterocycles. The summed E-state index contributed by atoms with van der Waals surface area (Å²) in [6.45, 7) is 4.75. The Morgan fingerprint density at radius 3 is 3.00 bits per heavy atom. The molecule has 2 heterocycles. The molecular weight excluding hydrogens is 248 g/mol. The normalized spacial score (nSPS) is 20.1. The molecule has 0 saturated carbocycles. The van der Waals surface area contributed by atoms with Gasteiger partial charge in [-0.3, -0.25) is 9.89 Å². The van der Waals surface area contributed by atoms with E-state index in [1.165, 1.54) is 25.0 Å². The molecule has 1 aliphatic heterocycles. The van der Waals surface area contributed by atoms with Crippen molar-refractivity contribution in [3.05, 3.63) is 11.6 Å². The van der Waals surface area contributed by atoms with Gasteiger partial charge < -0.3 is 5.32 Å². The van der Waals surface area contributed by atoms with Crippen molar-refractivity contribution in [1.29, 1.82) is 0 Å². The van der Waals surface area contributed by atoms with E-state index in [0.717, 1.165) is 12.4 Å². The van der Waals surface area contributed by atoms with E-state index in [0.29, 0.717) is 5.25 Å². The van der Waals surface area contributed by atoms with Crippen molar-refractivity contribution in [2.24, 2.45) is 0 Å². The molecule has 1 atom stereocenters. The summed E-state index contributed by atoms with van der Waals surface area (Å²) >= 11 is 1.95. The topological polar surface area (TPSA) is 70.7 Å². The number of carbonyl (C=O) groups excluding carboxylic acids is 1. The van der Waals surface area contributed by atoms with Gasteiger partial charge in [0, 0.05) is 17.7 Å². The van der Waals surface area contributed by atoms with Crippen LogP contribution in [0.1, 0.15) is 55.5 Å². The predicted octanol–water partition coefficient (Wildman–Crippen LogP) is 1.94. The lowest BCUT2D eigenvalue weighted by atomic mass is 10.2. The number of hydrogen-bond donors (Lipinski definition) is 2. The first-order chi connectivity index (χ1) is 8.66. The second-order valence-electron chi connectivity index (χ2n) is 4.90. The molecule has 1 aromatic heterocycles. The Labute approximate surface area is 112 Å². The number of thioether (sulfide) groups is 1. The molecule has 6 heteroatoms.